The Labute approximate surface area is 211 Å². The Hall–Kier alpha value is -3.08. The standard InChI is InChI=1S/C23H27BrClN7O2/c1-5-11-32-20(19(30-23(32)24)22(33)34-6-2)18(14-7-9-15(25)10-8-14)28-16-12-13(3)17(26)21(29-16)31(4)27/h5,7-10,12,18H,1,6,11,26-27H2,2-4H3,(H,28,29). The predicted molar refractivity (Wildman–Crippen MR) is 139 cm³/mol. The molecule has 5 N–H and O–H groups in total. The SMILES string of the molecule is C=CCn1c(Br)nc(C(=O)OCC)c1C(Nc1cc(C)c(N)c(N(C)N)n1)c1ccc(Cl)cc1. The van der Waals surface area contributed by atoms with Gasteiger partial charge in [-0.05, 0) is 59.1 Å². The van der Waals surface area contributed by atoms with Crippen LogP contribution in [0.1, 0.15) is 40.3 Å². The highest BCUT2D eigenvalue weighted by atomic mass is 79.9. The maximum atomic E-state index is 12.9. The fraction of sp³-hybridized carbons (Fsp3) is 0.261. The van der Waals surface area contributed by atoms with E-state index in [1.807, 2.05) is 29.7 Å². The number of carbonyl (C=O) groups excluding carboxylic acids is 1. The van der Waals surface area contributed by atoms with Gasteiger partial charge in [0, 0.05) is 18.6 Å². The summed E-state index contributed by atoms with van der Waals surface area (Å²) >= 11 is 9.62. The summed E-state index contributed by atoms with van der Waals surface area (Å²) in [5.41, 5.74) is 9.01. The Morgan fingerprint density at radius 3 is 2.65 bits per heavy atom. The number of anilines is 3. The van der Waals surface area contributed by atoms with Gasteiger partial charge in [-0.1, -0.05) is 29.8 Å². The van der Waals surface area contributed by atoms with Gasteiger partial charge in [-0.3, -0.25) is 5.01 Å². The monoisotopic (exact) mass is 547 g/mol. The van der Waals surface area contributed by atoms with Gasteiger partial charge < -0.3 is 20.4 Å². The van der Waals surface area contributed by atoms with Crippen molar-refractivity contribution in [2.24, 2.45) is 5.84 Å². The number of nitrogens with zero attached hydrogens (tertiary/aromatic N) is 4. The van der Waals surface area contributed by atoms with Crippen molar-refractivity contribution in [2.45, 2.75) is 26.4 Å². The van der Waals surface area contributed by atoms with E-state index in [1.54, 1.807) is 32.2 Å². The summed E-state index contributed by atoms with van der Waals surface area (Å²) in [7, 11) is 1.66. The Bertz CT molecular complexity index is 1200. The second kappa shape index (κ2) is 10.9. The second-order valence-corrected chi connectivity index (χ2v) is 8.68. The number of pyridine rings is 1. The summed E-state index contributed by atoms with van der Waals surface area (Å²) in [5, 5.41) is 5.37. The highest BCUT2D eigenvalue weighted by Gasteiger charge is 2.30. The zero-order valence-corrected chi connectivity index (χ0v) is 21.5. The fourth-order valence-electron chi connectivity index (χ4n) is 3.50. The topological polar surface area (TPSA) is 124 Å². The van der Waals surface area contributed by atoms with Crippen LogP contribution < -0.4 is 21.9 Å². The Kier molecular flexibility index (Phi) is 8.19. The quantitative estimate of drug-likeness (QED) is 0.155. The van der Waals surface area contributed by atoms with E-state index in [-0.39, 0.29) is 12.3 Å². The molecule has 0 aliphatic rings. The maximum Gasteiger partial charge on any atom is 0.358 e. The number of imidazole rings is 1. The van der Waals surface area contributed by atoms with Gasteiger partial charge in [-0.15, -0.1) is 6.58 Å². The number of hydrogen-bond acceptors (Lipinski definition) is 8. The average molecular weight is 549 g/mol. The van der Waals surface area contributed by atoms with Gasteiger partial charge in [0.1, 0.15) is 5.82 Å². The van der Waals surface area contributed by atoms with Crippen molar-refractivity contribution in [1.29, 1.82) is 0 Å². The van der Waals surface area contributed by atoms with E-state index in [2.05, 4.69) is 37.8 Å². The average Bonchev–Trinajstić information content (AvgIpc) is 3.11. The van der Waals surface area contributed by atoms with Crippen LogP contribution in [-0.2, 0) is 11.3 Å². The molecule has 9 nitrogen and oxygen atoms in total. The third-order valence-electron chi connectivity index (χ3n) is 5.09. The number of allylic oxidation sites excluding steroid dienone is 1. The highest BCUT2D eigenvalue weighted by molar-refractivity contribution is 9.10. The third kappa shape index (κ3) is 5.35. The molecule has 34 heavy (non-hydrogen) atoms. The number of hydrogen-bond donors (Lipinski definition) is 3. The zero-order chi connectivity index (χ0) is 25.0. The largest absolute Gasteiger partial charge is 0.461 e. The second-order valence-electron chi connectivity index (χ2n) is 7.54. The number of halogens is 2. The fourth-order valence-corrected chi connectivity index (χ4v) is 4.14. The molecular formula is C23H27BrClN7O2. The molecule has 0 amide bonds. The first-order valence-corrected chi connectivity index (χ1v) is 11.7. The first-order valence-electron chi connectivity index (χ1n) is 10.5. The molecule has 2 aromatic heterocycles. The molecule has 1 aromatic carbocycles. The lowest BCUT2D eigenvalue weighted by Crippen LogP contribution is -2.28. The molecule has 0 aliphatic heterocycles. The minimum atomic E-state index is -0.554. The number of rotatable bonds is 9. The zero-order valence-electron chi connectivity index (χ0n) is 19.2. The van der Waals surface area contributed by atoms with Crippen LogP contribution in [0.25, 0.3) is 0 Å². The molecule has 3 rings (SSSR count). The molecule has 0 radical (unpaired) electrons. The molecule has 1 unspecified atom stereocenters. The molecule has 11 heteroatoms. The van der Waals surface area contributed by atoms with Crippen molar-refractivity contribution >= 4 is 50.8 Å². The molecule has 180 valence electrons. The van der Waals surface area contributed by atoms with Gasteiger partial charge in [-0.2, -0.15) is 0 Å². The summed E-state index contributed by atoms with van der Waals surface area (Å²) in [6.07, 6.45) is 1.72. The maximum absolute atomic E-state index is 12.9. The number of hydrazine groups is 1. The molecule has 2 heterocycles. The lowest BCUT2D eigenvalue weighted by Gasteiger charge is -2.24. The molecule has 0 saturated heterocycles. The van der Waals surface area contributed by atoms with E-state index in [4.69, 9.17) is 27.9 Å². The van der Waals surface area contributed by atoms with Crippen molar-refractivity contribution in [2.75, 3.05) is 29.7 Å². The van der Waals surface area contributed by atoms with Crippen LogP contribution in [0.2, 0.25) is 5.02 Å². The first-order chi connectivity index (χ1) is 16.2. The third-order valence-corrected chi connectivity index (χ3v) is 5.95. The summed E-state index contributed by atoms with van der Waals surface area (Å²) in [5.74, 6) is 6.34. The van der Waals surface area contributed by atoms with Gasteiger partial charge >= 0.3 is 5.97 Å². The van der Waals surface area contributed by atoms with E-state index in [0.717, 1.165) is 11.1 Å². The normalized spacial score (nSPS) is 11.7. The molecule has 0 spiro atoms. The smallest absolute Gasteiger partial charge is 0.358 e. The number of esters is 1. The van der Waals surface area contributed by atoms with Crippen LogP contribution in [0.5, 0.6) is 0 Å². The molecule has 3 aromatic rings. The number of aromatic nitrogens is 3. The van der Waals surface area contributed by atoms with E-state index in [1.165, 1.54) is 5.01 Å². The minimum Gasteiger partial charge on any atom is -0.461 e. The molecule has 1 atom stereocenters. The number of benzene rings is 1. The summed E-state index contributed by atoms with van der Waals surface area (Å²) in [6, 6.07) is 8.56. The van der Waals surface area contributed by atoms with Crippen molar-refractivity contribution in [1.82, 2.24) is 14.5 Å². The summed E-state index contributed by atoms with van der Waals surface area (Å²) < 4.78 is 7.60. The molecule has 0 bridgehead atoms. The van der Waals surface area contributed by atoms with Crippen molar-refractivity contribution in [3.05, 3.63) is 75.3 Å². The van der Waals surface area contributed by atoms with E-state index in [9.17, 15) is 4.79 Å². The van der Waals surface area contributed by atoms with E-state index < -0.39 is 12.0 Å². The van der Waals surface area contributed by atoms with Crippen LogP contribution in [0, 0.1) is 6.92 Å². The van der Waals surface area contributed by atoms with Gasteiger partial charge in [0.15, 0.2) is 16.2 Å². The summed E-state index contributed by atoms with van der Waals surface area (Å²) in [6.45, 7) is 8.07. The van der Waals surface area contributed by atoms with Crippen LogP contribution in [0.15, 0.2) is 47.7 Å². The number of nitrogen functional groups attached to an aromatic ring is 1. The number of carbonyl (C=O) groups is 1. The highest BCUT2D eigenvalue weighted by Crippen LogP contribution is 2.34. The first kappa shape index (κ1) is 25.5. The van der Waals surface area contributed by atoms with Crippen LogP contribution >= 0.6 is 27.5 Å². The number of nitrogens with one attached hydrogen (secondary N) is 1. The van der Waals surface area contributed by atoms with Crippen molar-refractivity contribution in [3.63, 3.8) is 0 Å². The minimum absolute atomic E-state index is 0.173. The van der Waals surface area contributed by atoms with Gasteiger partial charge in [0.05, 0.1) is 24.0 Å². The van der Waals surface area contributed by atoms with E-state index >= 15 is 0 Å². The van der Waals surface area contributed by atoms with Crippen LogP contribution in [0.4, 0.5) is 17.3 Å². The van der Waals surface area contributed by atoms with Gasteiger partial charge in [-0.25, -0.2) is 20.6 Å². The molecule has 0 saturated carbocycles. The van der Waals surface area contributed by atoms with Crippen molar-refractivity contribution < 1.29 is 9.53 Å². The number of ether oxygens (including phenoxy) is 1. The Morgan fingerprint density at radius 1 is 1.38 bits per heavy atom. The molecular weight excluding hydrogens is 522 g/mol. The lowest BCUT2D eigenvalue weighted by atomic mass is 10.0. The number of aryl methyl sites for hydroxylation is 1. The Morgan fingerprint density at radius 2 is 2.06 bits per heavy atom. The van der Waals surface area contributed by atoms with E-state index in [0.29, 0.717) is 39.3 Å². The Balaban J connectivity index is 2.24. The van der Waals surface area contributed by atoms with Gasteiger partial charge in [0.2, 0.25) is 0 Å². The summed E-state index contributed by atoms with van der Waals surface area (Å²) in [4.78, 5) is 21.9. The van der Waals surface area contributed by atoms with Crippen molar-refractivity contribution in [3.8, 4) is 0 Å². The molecule has 0 fully saturated rings. The predicted octanol–water partition coefficient (Wildman–Crippen LogP) is 4.46. The molecule has 0 aliphatic carbocycles. The lowest BCUT2D eigenvalue weighted by molar-refractivity contribution is 0.0518. The van der Waals surface area contributed by atoms with Crippen LogP contribution in [-0.4, -0.2) is 34.2 Å². The number of nitrogens with two attached hydrogens (primary N) is 2. The van der Waals surface area contributed by atoms with Crippen LogP contribution in [0.3, 0.4) is 0 Å². The van der Waals surface area contributed by atoms with Gasteiger partial charge in [0.25, 0.3) is 0 Å².